The highest BCUT2D eigenvalue weighted by atomic mass is 79.9. The largest absolute Gasteiger partial charge is 0.507 e. The summed E-state index contributed by atoms with van der Waals surface area (Å²) in [7, 11) is 0. The lowest BCUT2D eigenvalue weighted by atomic mass is 10.0. The van der Waals surface area contributed by atoms with Crippen LogP contribution >= 0.6 is 15.9 Å². The molecule has 0 aliphatic rings. The number of hydrogen-bond donors (Lipinski definition) is 2. The molecule has 1 aromatic heterocycles. The van der Waals surface area contributed by atoms with Crippen LogP contribution in [0.25, 0.3) is 0 Å². The molecule has 0 saturated carbocycles. The van der Waals surface area contributed by atoms with Gasteiger partial charge in [0.2, 0.25) is 0 Å². The number of carbonyl (C=O) groups is 1. The van der Waals surface area contributed by atoms with Gasteiger partial charge in [0, 0.05) is 21.8 Å². The maximum Gasteiger partial charge on any atom is 0.271 e. The number of nitrogens with one attached hydrogen (secondary N) is 1. The van der Waals surface area contributed by atoms with E-state index in [2.05, 4.69) is 31.2 Å². The number of rotatable bonds is 3. The summed E-state index contributed by atoms with van der Waals surface area (Å²) >= 11 is 3.35. The van der Waals surface area contributed by atoms with Gasteiger partial charge in [-0.2, -0.15) is 0 Å². The van der Waals surface area contributed by atoms with Crippen LogP contribution in [0.2, 0.25) is 0 Å². The van der Waals surface area contributed by atoms with Crippen molar-refractivity contribution in [3.63, 3.8) is 0 Å². The third-order valence-electron chi connectivity index (χ3n) is 2.79. The Morgan fingerprint density at radius 1 is 1.26 bits per heavy atom. The summed E-state index contributed by atoms with van der Waals surface area (Å²) in [6, 6.07) is 10.1. The first-order chi connectivity index (χ1) is 10.8. The van der Waals surface area contributed by atoms with E-state index in [1.54, 1.807) is 36.5 Å². The van der Waals surface area contributed by atoms with Crippen LogP contribution in [-0.4, -0.2) is 27.2 Å². The number of phenolic OH excluding ortho intramolecular Hbond substituents is 1. The minimum absolute atomic E-state index is 0.0214. The number of carbonyl (C=O) groups excluding carboxylic acids is 1. The van der Waals surface area contributed by atoms with Crippen molar-refractivity contribution in [2.75, 3.05) is 0 Å². The Kier molecular flexibility index (Phi) is 5.15. The Morgan fingerprint density at radius 3 is 2.61 bits per heavy atom. The summed E-state index contributed by atoms with van der Waals surface area (Å²) in [4.78, 5) is 21.1. The van der Waals surface area contributed by atoms with Gasteiger partial charge < -0.3 is 10.4 Å². The molecule has 5 nitrogen and oxygen atoms in total. The number of hydrogen-bond acceptors (Lipinski definition) is 4. The van der Waals surface area contributed by atoms with Crippen molar-refractivity contribution in [1.29, 1.82) is 0 Å². The van der Waals surface area contributed by atoms with Crippen molar-refractivity contribution in [2.45, 2.75) is 26.3 Å². The summed E-state index contributed by atoms with van der Waals surface area (Å²) in [5.74, 6) is -0.00516. The molecule has 2 rings (SSSR count). The van der Waals surface area contributed by atoms with Crippen molar-refractivity contribution >= 4 is 33.4 Å². The fraction of sp³-hybridized carbons (Fsp3) is 0.235. The van der Waals surface area contributed by atoms with Gasteiger partial charge in [-0.25, -0.2) is 9.98 Å². The van der Waals surface area contributed by atoms with Crippen LogP contribution in [0, 0.1) is 0 Å². The van der Waals surface area contributed by atoms with Gasteiger partial charge in [-0.15, -0.1) is 0 Å². The van der Waals surface area contributed by atoms with E-state index < -0.39 is 5.54 Å². The smallest absolute Gasteiger partial charge is 0.271 e. The summed E-state index contributed by atoms with van der Waals surface area (Å²) < 4.78 is 0.738. The van der Waals surface area contributed by atoms with E-state index in [0.717, 1.165) is 4.47 Å². The molecule has 0 aliphatic heterocycles. The molecule has 2 N–H and O–H groups in total. The highest BCUT2D eigenvalue weighted by molar-refractivity contribution is 9.10. The summed E-state index contributed by atoms with van der Waals surface area (Å²) in [5.41, 5.74) is 0.0214. The van der Waals surface area contributed by atoms with E-state index in [-0.39, 0.29) is 17.4 Å². The Morgan fingerprint density at radius 2 is 2.00 bits per heavy atom. The predicted molar refractivity (Wildman–Crippen MR) is 94.1 cm³/mol. The van der Waals surface area contributed by atoms with Crippen LogP contribution in [0.3, 0.4) is 0 Å². The molecule has 0 radical (unpaired) electrons. The third kappa shape index (κ3) is 4.89. The van der Waals surface area contributed by atoms with Crippen molar-refractivity contribution in [2.24, 2.45) is 4.99 Å². The van der Waals surface area contributed by atoms with Gasteiger partial charge in [0.1, 0.15) is 11.5 Å². The van der Waals surface area contributed by atoms with E-state index in [1.807, 2.05) is 20.8 Å². The number of phenols is 1. The zero-order chi connectivity index (χ0) is 17.0. The van der Waals surface area contributed by atoms with Crippen molar-refractivity contribution in [1.82, 2.24) is 10.3 Å². The number of pyridine rings is 1. The Labute approximate surface area is 143 Å². The monoisotopic (exact) mass is 375 g/mol. The minimum atomic E-state index is -0.427. The fourth-order valence-corrected chi connectivity index (χ4v) is 2.23. The Hall–Kier alpha value is -2.21. The molecule has 0 atom stereocenters. The lowest BCUT2D eigenvalue weighted by molar-refractivity contribution is -0.116. The molecular weight excluding hydrogens is 358 g/mol. The third-order valence-corrected chi connectivity index (χ3v) is 3.29. The van der Waals surface area contributed by atoms with Crippen LogP contribution in [0.4, 0.5) is 5.82 Å². The number of amides is 1. The number of aromatic nitrogens is 1. The number of aromatic hydroxyl groups is 1. The van der Waals surface area contributed by atoms with Crippen LogP contribution in [0.5, 0.6) is 5.75 Å². The van der Waals surface area contributed by atoms with Gasteiger partial charge in [-0.1, -0.05) is 22.0 Å². The Bertz CT molecular complexity index is 737. The fourth-order valence-electron chi connectivity index (χ4n) is 1.87. The number of halogens is 1. The van der Waals surface area contributed by atoms with Crippen LogP contribution in [-0.2, 0) is 4.79 Å². The first-order valence-electron chi connectivity index (χ1n) is 7.07. The molecule has 23 heavy (non-hydrogen) atoms. The maximum atomic E-state index is 12.6. The van der Waals surface area contributed by atoms with Crippen molar-refractivity contribution < 1.29 is 9.90 Å². The highest BCUT2D eigenvalue weighted by Gasteiger charge is 2.22. The first-order valence-corrected chi connectivity index (χ1v) is 7.87. The van der Waals surface area contributed by atoms with E-state index in [0.29, 0.717) is 11.4 Å². The van der Waals surface area contributed by atoms with E-state index in [9.17, 15) is 9.90 Å². The van der Waals surface area contributed by atoms with Gasteiger partial charge in [-0.3, -0.25) is 4.79 Å². The van der Waals surface area contributed by atoms with E-state index in [1.165, 1.54) is 6.07 Å². The van der Waals surface area contributed by atoms with E-state index >= 15 is 0 Å². The zero-order valence-corrected chi connectivity index (χ0v) is 14.8. The molecule has 0 saturated heterocycles. The lowest BCUT2D eigenvalue weighted by Gasteiger charge is -2.21. The molecule has 2 aromatic rings. The Balaban J connectivity index is 2.54. The number of benzene rings is 1. The second-order valence-electron chi connectivity index (χ2n) is 6.01. The standard InChI is InChI=1S/C17H18BrN3O2/c1-17(2,3)21-16(23)15(20-14-6-4-5-9-19-14)12-10-11(18)7-8-13(12)22/h4-10,22H,1-3H3,(H,21,23). The minimum Gasteiger partial charge on any atom is -0.507 e. The normalized spacial score (nSPS) is 12.1. The summed E-state index contributed by atoms with van der Waals surface area (Å²) in [6.45, 7) is 5.64. The average Bonchev–Trinajstić information content (AvgIpc) is 2.47. The van der Waals surface area contributed by atoms with Crippen LogP contribution in [0.15, 0.2) is 52.1 Å². The van der Waals surface area contributed by atoms with Crippen LogP contribution in [0.1, 0.15) is 26.3 Å². The molecule has 0 fully saturated rings. The van der Waals surface area contributed by atoms with Gasteiger partial charge >= 0.3 is 0 Å². The van der Waals surface area contributed by atoms with Crippen LogP contribution < -0.4 is 5.32 Å². The molecule has 1 heterocycles. The predicted octanol–water partition coefficient (Wildman–Crippen LogP) is 3.59. The first kappa shape index (κ1) is 17.1. The zero-order valence-electron chi connectivity index (χ0n) is 13.2. The molecule has 1 aromatic carbocycles. The molecule has 120 valence electrons. The highest BCUT2D eigenvalue weighted by Crippen LogP contribution is 2.24. The quantitative estimate of drug-likeness (QED) is 0.804. The lowest BCUT2D eigenvalue weighted by Crippen LogP contribution is -2.44. The number of nitrogens with zero attached hydrogens (tertiary/aromatic N) is 2. The average molecular weight is 376 g/mol. The molecule has 0 bridgehead atoms. The van der Waals surface area contributed by atoms with Crippen molar-refractivity contribution in [3.05, 3.63) is 52.6 Å². The summed E-state index contributed by atoms with van der Waals surface area (Å²) in [5, 5.41) is 13.0. The molecule has 0 unspecified atom stereocenters. The van der Waals surface area contributed by atoms with Crippen molar-refractivity contribution in [3.8, 4) is 5.75 Å². The van der Waals surface area contributed by atoms with E-state index in [4.69, 9.17) is 0 Å². The number of aliphatic imine (C=N–C) groups is 1. The maximum absolute atomic E-state index is 12.6. The topological polar surface area (TPSA) is 74.6 Å². The summed E-state index contributed by atoms with van der Waals surface area (Å²) in [6.07, 6.45) is 1.60. The molecule has 0 spiro atoms. The second kappa shape index (κ2) is 6.91. The molecule has 0 aliphatic carbocycles. The van der Waals surface area contributed by atoms with Gasteiger partial charge in [0.05, 0.1) is 0 Å². The molecule has 1 amide bonds. The van der Waals surface area contributed by atoms with Gasteiger partial charge in [-0.05, 0) is 51.1 Å². The van der Waals surface area contributed by atoms with Gasteiger partial charge in [0.15, 0.2) is 5.82 Å². The second-order valence-corrected chi connectivity index (χ2v) is 6.93. The van der Waals surface area contributed by atoms with Gasteiger partial charge in [0.25, 0.3) is 5.91 Å². The molecular formula is C17H18BrN3O2. The molecule has 6 heteroatoms. The SMILES string of the molecule is CC(C)(C)NC(=O)C(=Nc1ccccn1)c1cc(Br)ccc1O.